The van der Waals surface area contributed by atoms with E-state index in [9.17, 15) is 0 Å². The lowest BCUT2D eigenvalue weighted by Crippen LogP contribution is -2.38. The van der Waals surface area contributed by atoms with Crippen LogP contribution in [0.3, 0.4) is 0 Å². The Balaban J connectivity index is 1.67. The first-order valence-corrected chi connectivity index (χ1v) is 9.31. The normalized spacial score (nSPS) is 16.2. The van der Waals surface area contributed by atoms with Gasteiger partial charge in [-0.15, -0.1) is 0 Å². The van der Waals surface area contributed by atoms with Gasteiger partial charge in [-0.1, -0.05) is 0 Å². The molecule has 0 amide bonds. The zero-order valence-electron chi connectivity index (χ0n) is 15.9. The molecule has 0 unspecified atom stereocenters. The minimum atomic E-state index is 0.667. The highest BCUT2D eigenvalue weighted by atomic mass is 16.5. The number of nitrogens with zero attached hydrogens (tertiary/aromatic N) is 4. The Morgan fingerprint density at radius 3 is 2.96 bits per heavy atom. The molecule has 1 aliphatic rings. The van der Waals surface area contributed by atoms with Crippen molar-refractivity contribution < 1.29 is 9.47 Å². The lowest BCUT2D eigenvalue weighted by atomic mass is 10.0. The van der Waals surface area contributed by atoms with Gasteiger partial charge in [-0.2, -0.15) is 5.10 Å². The summed E-state index contributed by atoms with van der Waals surface area (Å²) in [6.07, 6.45) is 7.12. The van der Waals surface area contributed by atoms with E-state index < -0.39 is 0 Å². The van der Waals surface area contributed by atoms with Gasteiger partial charge in [0, 0.05) is 71.9 Å². The summed E-state index contributed by atoms with van der Waals surface area (Å²) >= 11 is 0. The number of ether oxygens (including phenoxy) is 2. The molecule has 1 aromatic heterocycles. The summed E-state index contributed by atoms with van der Waals surface area (Å²) in [5.74, 6) is 1.59. The van der Waals surface area contributed by atoms with Gasteiger partial charge in [0.15, 0.2) is 5.96 Å². The smallest absolute Gasteiger partial charge is 0.193 e. The summed E-state index contributed by atoms with van der Waals surface area (Å²) in [5, 5.41) is 7.56. The van der Waals surface area contributed by atoms with Gasteiger partial charge in [0.05, 0.1) is 6.20 Å². The van der Waals surface area contributed by atoms with Gasteiger partial charge in [-0.25, -0.2) is 0 Å². The van der Waals surface area contributed by atoms with Crippen molar-refractivity contribution in [3.8, 4) is 0 Å². The van der Waals surface area contributed by atoms with Crippen LogP contribution in [-0.2, 0) is 23.1 Å². The summed E-state index contributed by atoms with van der Waals surface area (Å²) in [7, 11) is 3.99. The van der Waals surface area contributed by atoms with Crippen LogP contribution in [-0.4, -0.2) is 67.2 Å². The second-order valence-corrected chi connectivity index (χ2v) is 6.60. The Morgan fingerprint density at radius 2 is 2.28 bits per heavy atom. The van der Waals surface area contributed by atoms with Crippen LogP contribution in [0.1, 0.15) is 31.7 Å². The van der Waals surface area contributed by atoms with E-state index in [1.807, 2.05) is 24.1 Å². The Labute approximate surface area is 151 Å². The van der Waals surface area contributed by atoms with Gasteiger partial charge in [0.2, 0.25) is 0 Å². The zero-order chi connectivity index (χ0) is 17.9. The first kappa shape index (κ1) is 19.7. The van der Waals surface area contributed by atoms with Crippen molar-refractivity contribution in [1.82, 2.24) is 20.0 Å². The Bertz CT molecular complexity index is 511. The molecule has 2 rings (SSSR count). The summed E-state index contributed by atoms with van der Waals surface area (Å²) in [4.78, 5) is 6.83. The fourth-order valence-electron chi connectivity index (χ4n) is 2.89. The number of guanidine groups is 1. The van der Waals surface area contributed by atoms with E-state index in [0.29, 0.717) is 5.92 Å². The summed E-state index contributed by atoms with van der Waals surface area (Å²) < 4.78 is 13.0. The van der Waals surface area contributed by atoms with Crippen molar-refractivity contribution in [3.63, 3.8) is 0 Å². The number of nitrogens with one attached hydrogen (secondary N) is 1. The molecule has 0 aromatic carbocycles. The van der Waals surface area contributed by atoms with Crippen LogP contribution in [0.5, 0.6) is 0 Å². The first-order valence-electron chi connectivity index (χ1n) is 9.31. The highest BCUT2D eigenvalue weighted by Crippen LogP contribution is 2.14. The van der Waals surface area contributed by atoms with Gasteiger partial charge in [-0.3, -0.25) is 9.67 Å². The molecular weight excluding hydrogens is 318 g/mol. The topological polar surface area (TPSA) is 63.9 Å². The van der Waals surface area contributed by atoms with Crippen LogP contribution >= 0.6 is 0 Å². The van der Waals surface area contributed by atoms with Gasteiger partial charge in [-0.05, 0) is 32.1 Å². The van der Waals surface area contributed by atoms with Crippen molar-refractivity contribution in [2.24, 2.45) is 18.0 Å². The maximum Gasteiger partial charge on any atom is 0.193 e. The lowest BCUT2D eigenvalue weighted by molar-refractivity contribution is 0.0205. The fraction of sp³-hybridized carbons (Fsp3) is 0.778. The Morgan fingerprint density at radius 1 is 1.48 bits per heavy atom. The molecule has 1 saturated heterocycles. The van der Waals surface area contributed by atoms with E-state index in [4.69, 9.17) is 14.5 Å². The van der Waals surface area contributed by atoms with Gasteiger partial charge in [0.1, 0.15) is 0 Å². The SMILES string of the molecule is CCNC(=NCCCOCC1CCOCC1)N(C)Cc1cnn(C)c1. The van der Waals surface area contributed by atoms with Crippen LogP contribution in [0.25, 0.3) is 0 Å². The van der Waals surface area contributed by atoms with Gasteiger partial charge < -0.3 is 19.7 Å². The van der Waals surface area contributed by atoms with Crippen LogP contribution in [0.2, 0.25) is 0 Å². The first-order chi connectivity index (χ1) is 12.2. The molecular formula is C18H33N5O2. The number of rotatable bonds is 9. The fourth-order valence-corrected chi connectivity index (χ4v) is 2.89. The van der Waals surface area contributed by atoms with E-state index in [0.717, 1.165) is 71.3 Å². The standard InChI is InChI=1S/C18H33N5O2/c1-4-19-18(22(2)13-17-12-21-23(3)14-17)20-8-5-9-25-15-16-6-10-24-11-7-16/h12,14,16H,4-11,13,15H2,1-3H3,(H,19,20). The quantitative estimate of drug-likeness (QED) is 0.416. The zero-order valence-corrected chi connectivity index (χ0v) is 15.9. The van der Waals surface area contributed by atoms with Crippen molar-refractivity contribution in [2.75, 3.05) is 46.6 Å². The number of aryl methyl sites for hydroxylation is 1. The monoisotopic (exact) mass is 351 g/mol. The Kier molecular flexibility index (Phi) is 8.76. The number of aliphatic imine (C=N–C) groups is 1. The van der Waals surface area contributed by atoms with Crippen molar-refractivity contribution in [2.45, 2.75) is 32.7 Å². The van der Waals surface area contributed by atoms with Crippen LogP contribution in [0, 0.1) is 5.92 Å². The van der Waals surface area contributed by atoms with E-state index in [1.54, 1.807) is 0 Å². The molecule has 7 nitrogen and oxygen atoms in total. The van der Waals surface area contributed by atoms with Crippen LogP contribution < -0.4 is 5.32 Å². The molecule has 0 bridgehead atoms. The second-order valence-electron chi connectivity index (χ2n) is 6.60. The largest absolute Gasteiger partial charge is 0.381 e. The molecule has 142 valence electrons. The molecule has 1 aliphatic heterocycles. The lowest BCUT2D eigenvalue weighted by Gasteiger charge is -2.22. The summed E-state index contributed by atoms with van der Waals surface area (Å²) in [5.41, 5.74) is 1.18. The predicted octanol–water partition coefficient (Wildman–Crippen LogP) is 1.65. The van der Waals surface area contributed by atoms with E-state index in [1.165, 1.54) is 5.56 Å². The molecule has 0 aliphatic carbocycles. The van der Waals surface area contributed by atoms with Gasteiger partial charge >= 0.3 is 0 Å². The predicted molar refractivity (Wildman–Crippen MR) is 99.6 cm³/mol. The average Bonchev–Trinajstić information content (AvgIpc) is 3.02. The summed E-state index contributed by atoms with van der Waals surface area (Å²) in [6, 6.07) is 0. The molecule has 7 heteroatoms. The molecule has 0 atom stereocenters. The van der Waals surface area contributed by atoms with E-state index in [-0.39, 0.29) is 0 Å². The molecule has 0 radical (unpaired) electrons. The van der Waals surface area contributed by atoms with Crippen LogP contribution in [0.4, 0.5) is 0 Å². The van der Waals surface area contributed by atoms with E-state index >= 15 is 0 Å². The minimum Gasteiger partial charge on any atom is -0.381 e. The average molecular weight is 351 g/mol. The number of hydrogen-bond donors (Lipinski definition) is 1. The number of aromatic nitrogens is 2. The van der Waals surface area contributed by atoms with Gasteiger partial charge in [0.25, 0.3) is 0 Å². The minimum absolute atomic E-state index is 0.667. The molecule has 2 heterocycles. The van der Waals surface area contributed by atoms with Crippen molar-refractivity contribution >= 4 is 5.96 Å². The highest BCUT2D eigenvalue weighted by Gasteiger charge is 2.13. The molecule has 0 saturated carbocycles. The maximum absolute atomic E-state index is 5.80. The molecule has 1 aromatic rings. The molecule has 1 fully saturated rings. The third-order valence-electron chi connectivity index (χ3n) is 4.28. The number of hydrogen-bond acceptors (Lipinski definition) is 4. The van der Waals surface area contributed by atoms with E-state index in [2.05, 4.69) is 29.3 Å². The van der Waals surface area contributed by atoms with Crippen molar-refractivity contribution in [1.29, 1.82) is 0 Å². The molecule has 1 N–H and O–H groups in total. The second kappa shape index (κ2) is 11.1. The maximum atomic E-state index is 5.80. The third-order valence-corrected chi connectivity index (χ3v) is 4.28. The molecule has 0 spiro atoms. The Hall–Kier alpha value is -1.60. The summed E-state index contributed by atoms with van der Waals surface area (Å²) in [6.45, 7) is 7.90. The highest BCUT2D eigenvalue weighted by molar-refractivity contribution is 5.79. The van der Waals surface area contributed by atoms with Crippen molar-refractivity contribution in [3.05, 3.63) is 18.0 Å². The molecule has 25 heavy (non-hydrogen) atoms. The van der Waals surface area contributed by atoms with Crippen LogP contribution in [0.15, 0.2) is 17.4 Å². The third kappa shape index (κ3) is 7.44.